The molecule has 0 saturated heterocycles. The predicted octanol–water partition coefficient (Wildman–Crippen LogP) is 4.48. The van der Waals surface area contributed by atoms with Crippen molar-refractivity contribution >= 4 is 38.9 Å². The van der Waals surface area contributed by atoms with Crippen LogP contribution in [-0.4, -0.2) is 28.0 Å². The van der Waals surface area contributed by atoms with Gasteiger partial charge in [0.25, 0.3) is 15.9 Å². The van der Waals surface area contributed by atoms with Gasteiger partial charge in [-0.1, -0.05) is 11.6 Å². The van der Waals surface area contributed by atoms with Crippen LogP contribution < -0.4 is 19.5 Å². The smallest absolute Gasteiger partial charge is 0.262 e. The van der Waals surface area contributed by atoms with Gasteiger partial charge >= 0.3 is 0 Å². The molecule has 162 valence electrons. The van der Waals surface area contributed by atoms with E-state index in [0.717, 1.165) is 0 Å². The molecule has 3 aromatic rings. The van der Waals surface area contributed by atoms with Crippen molar-refractivity contribution in [3.63, 3.8) is 0 Å². The van der Waals surface area contributed by atoms with Crippen molar-refractivity contribution in [3.8, 4) is 11.5 Å². The van der Waals surface area contributed by atoms with Gasteiger partial charge in [0.1, 0.15) is 11.5 Å². The number of hydrogen-bond acceptors (Lipinski definition) is 5. The van der Waals surface area contributed by atoms with Crippen molar-refractivity contribution in [2.45, 2.75) is 11.8 Å². The number of benzene rings is 3. The molecule has 0 fully saturated rings. The topological polar surface area (TPSA) is 93.7 Å². The second-order valence-electron chi connectivity index (χ2n) is 6.61. The normalized spacial score (nSPS) is 10.9. The van der Waals surface area contributed by atoms with Crippen LogP contribution in [0.15, 0.2) is 71.6 Å². The molecule has 0 bridgehead atoms. The van der Waals surface area contributed by atoms with Crippen molar-refractivity contribution in [2.75, 3.05) is 23.8 Å². The predicted molar refractivity (Wildman–Crippen MR) is 121 cm³/mol. The van der Waals surface area contributed by atoms with Crippen LogP contribution in [0, 0.1) is 6.92 Å². The highest BCUT2D eigenvalue weighted by atomic mass is 35.5. The number of rotatable bonds is 8. The Kier molecular flexibility index (Phi) is 7.04. The number of methoxy groups -OCH3 is 1. The fraction of sp³-hybridized carbons (Fsp3) is 0.136. The highest BCUT2D eigenvalue weighted by Gasteiger charge is 2.16. The lowest BCUT2D eigenvalue weighted by Crippen LogP contribution is -2.20. The molecule has 0 heterocycles. The molecular weight excluding hydrogens is 440 g/mol. The average Bonchev–Trinajstić information content (AvgIpc) is 2.75. The van der Waals surface area contributed by atoms with E-state index in [1.807, 2.05) is 0 Å². The Labute approximate surface area is 186 Å². The standard InChI is InChI=1S/C22H21ClN2O5S/c1-15-13-20(31(27,28)25-18-7-9-19(29-2)10-8-18)11-12-21(15)30-14-22(26)24-17-5-3-16(23)4-6-17/h3-13,25H,14H2,1-2H3,(H,24,26). The fourth-order valence-corrected chi connectivity index (χ4v) is 3.97. The Morgan fingerprint density at radius 1 is 0.968 bits per heavy atom. The van der Waals surface area contributed by atoms with Crippen molar-refractivity contribution in [3.05, 3.63) is 77.3 Å². The Morgan fingerprint density at radius 2 is 1.61 bits per heavy atom. The molecule has 0 saturated carbocycles. The van der Waals surface area contributed by atoms with Gasteiger partial charge in [-0.3, -0.25) is 9.52 Å². The Balaban J connectivity index is 1.63. The van der Waals surface area contributed by atoms with E-state index < -0.39 is 10.0 Å². The van der Waals surface area contributed by atoms with Crippen molar-refractivity contribution in [1.82, 2.24) is 0 Å². The largest absolute Gasteiger partial charge is 0.497 e. The highest BCUT2D eigenvalue weighted by Crippen LogP contribution is 2.24. The summed E-state index contributed by atoms with van der Waals surface area (Å²) in [4.78, 5) is 12.2. The van der Waals surface area contributed by atoms with E-state index in [1.54, 1.807) is 55.5 Å². The maximum Gasteiger partial charge on any atom is 0.262 e. The van der Waals surface area contributed by atoms with Crippen LogP contribution in [0.4, 0.5) is 11.4 Å². The summed E-state index contributed by atoms with van der Waals surface area (Å²) in [5.74, 6) is 0.689. The molecule has 2 N–H and O–H groups in total. The quantitative estimate of drug-likeness (QED) is 0.517. The average molecular weight is 461 g/mol. The second-order valence-corrected chi connectivity index (χ2v) is 8.72. The highest BCUT2D eigenvalue weighted by molar-refractivity contribution is 7.92. The maximum absolute atomic E-state index is 12.7. The van der Waals surface area contributed by atoms with E-state index >= 15 is 0 Å². The van der Waals surface area contributed by atoms with E-state index in [2.05, 4.69) is 10.0 Å². The summed E-state index contributed by atoms with van der Waals surface area (Å²) in [7, 11) is -2.25. The molecule has 0 atom stereocenters. The van der Waals surface area contributed by atoms with Crippen LogP contribution in [0.1, 0.15) is 5.56 Å². The molecule has 0 aromatic heterocycles. The van der Waals surface area contributed by atoms with E-state index in [9.17, 15) is 13.2 Å². The molecule has 1 amide bonds. The third-order valence-corrected chi connectivity index (χ3v) is 5.92. The Bertz CT molecular complexity index is 1160. The summed E-state index contributed by atoms with van der Waals surface area (Å²) in [5, 5.41) is 3.26. The van der Waals surface area contributed by atoms with Gasteiger partial charge in [-0.05, 0) is 79.2 Å². The van der Waals surface area contributed by atoms with E-state index in [1.165, 1.54) is 25.3 Å². The molecule has 0 aliphatic carbocycles. The fourth-order valence-electron chi connectivity index (χ4n) is 2.70. The number of hydrogen-bond donors (Lipinski definition) is 2. The summed E-state index contributed by atoms with van der Waals surface area (Å²) in [6.07, 6.45) is 0. The van der Waals surface area contributed by atoms with Crippen molar-refractivity contribution in [2.24, 2.45) is 0 Å². The van der Waals surface area contributed by atoms with Crippen LogP contribution in [0.3, 0.4) is 0 Å². The van der Waals surface area contributed by atoms with Crippen molar-refractivity contribution < 1.29 is 22.7 Å². The number of sulfonamides is 1. The summed E-state index contributed by atoms with van der Waals surface area (Å²) >= 11 is 5.82. The van der Waals surface area contributed by atoms with E-state index in [0.29, 0.717) is 33.5 Å². The summed E-state index contributed by atoms with van der Waals surface area (Å²) in [6, 6.07) is 17.7. The first-order valence-electron chi connectivity index (χ1n) is 9.22. The van der Waals surface area contributed by atoms with Gasteiger partial charge in [0.2, 0.25) is 0 Å². The number of amides is 1. The van der Waals surface area contributed by atoms with Crippen LogP contribution >= 0.6 is 11.6 Å². The van der Waals surface area contributed by atoms with Gasteiger partial charge in [0, 0.05) is 16.4 Å². The van der Waals surface area contributed by atoms with Gasteiger partial charge in [-0.15, -0.1) is 0 Å². The van der Waals surface area contributed by atoms with Crippen LogP contribution in [0.25, 0.3) is 0 Å². The van der Waals surface area contributed by atoms with Gasteiger partial charge < -0.3 is 14.8 Å². The molecule has 3 aromatic carbocycles. The van der Waals surface area contributed by atoms with E-state index in [-0.39, 0.29) is 17.4 Å². The zero-order valence-corrected chi connectivity index (χ0v) is 18.5. The van der Waals surface area contributed by atoms with Crippen LogP contribution in [0.2, 0.25) is 5.02 Å². The first-order chi connectivity index (χ1) is 14.8. The summed E-state index contributed by atoms with van der Waals surface area (Å²) in [6.45, 7) is 1.48. The molecule has 0 spiro atoms. The third-order valence-electron chi connectivity index (χ3n) is 4.29. The number of anilines is 2. The molecular formula is C22H21ClN2O5S. The number of carbonyl (C=O) groups excluding carboxylic acids is 1. The summed E-state index contributed by atoms with van der Waals surface area (Å²) < 4.78 is 38.4. The molecule has 9 heteroatoms. The van der Waals surface area contributed by atoms with Gasteiger partial charge in [0.15, 0.2) is 6.61 Å². The minimum absolute atomic E-state index is 0.0822. The Hall–Kier alpha value is -3.23. The first-order valence-corrected chi connectivity index (χ1v) is 11.1. The number of aryl methyl sites for hydroxylation is 1. The summed E-state index contributed by atoms with van der Waals surface area (Å²) in [5.41, 5.74) is 1.59. The number of nitrogens with one attached hydrogen (secondary N) is 2. The van der Waals surface area contributed by atoms with E-state index in [4.69, 9.17) is 21.1 Å². The number of ether oxygens (including phenoxy) is 2. The molecule has 0 aliphatic heterocycles. The number of carbonyl (C=O) groups is 1. The molecule has 3 rings (SSSR count). The molecule has 0 unspecified atom stereocenters. The minimum atomic E-state index is -3.78. The number of halogens is 1. The second kappa shape index (κ2) is 9.72. The van der Waals surface area contributed by atoms with Crippen molar-refractivity contribution in [1.29, 1.82) is 0 Å². The maximum atomic E-state index is 12.7. The van der Waals surface area contributed by atoms with Gasteiger partial charge in [-0.2, -0.15) is 0 Å². The molecule has 0 radical (unpaired) electrons. The third kappa shape index (κ3) is 6.13. The minimum Gasteiger partial charge on any atom is -0.497 e. The lowest BCUT2D eigenvalue weighted by atomic mass is 10.2. The molecule has 0 aliphatic rings. The Morgan fingerprint density at radius 3 is 2.23 bits per heavy atom. The molecule has 31 heavy (non-hydrogen) atoms. The SMILES string of the molecule is COc1ccc(NS(=O)(=O)c2ccc(OCC(=O)Nc3ccc(Cl)cc3)c(C)c2)cc1. The van der Waals surface area contributed by atoms with Gasteiger partial charge in [-0.25, -0.2) is 8.42 Å². The zero-order valence-electron chi connectivity index (χ0n) is 16.9. The lowest BCUT2D eigenvalue weighted by molar-refractivity contribution is -0.118. The molecule has 7 nitrogen and oxygen atoms in total. The van der Waals surface area contributed by atoms with Gasteiger partial charge in [0.05, 0.1) is 12.0 Å². The lowest BCUT2D eigenvalue weighted by Gasteiger charge is -2.12. The van der Waals surface area contributed by atoms with Crippen LogP contribution in [-0.2, 0) is 14.8 Å². The zero-order chi connectivity index (χ0) is 22.4. The first kappa shape index (κ1) is 22.5. The van der Waals surface area contributed by atoms with Crippen LogP contribution in [0.5, 0.6) is 11.5 Å². The monoisotopic (exact) mass is 460 g/mol.